The molecule has 0 radical (unpaired) electrons. The number of carbonyl (C=O) groups is 1. The molecule has 22 heavy (non-hydrogen) atoms. The van der Waals surface area contributed by atoms with Gasteiger partial charge in [0.15, 0.2) is 5.78 Å². The van der Waals surface area contributed by atoms with Gasteiger partial charge in [-0.05, 0) is 67.3 Å². The van der Waals surface area contributed by atoms with Crippen LogP contribution in [0.1, 0.15) is 72.6 Å². The molecule has 0 aliphatic heterocycles. The number of hydrogen-bond acceptors (Lipinski definition) is 2. The van der Waals surface area contributed by atoms with Gasteiger partial charge >= 0.3 is 0 Å². The molecule has 2 heteroatoms. The molecule has 1 N–H and O–H groups in total. The second-order valence-corrected chi connectivity index (χ2v) is 8.21. The normalized spacial score (nSPS) is 34.8. The van der Waals surface area contributed by atoms with Crippen LogP contribution in [0.3, 0.4) is 0 Å². The lowest BCUT2D eigenvalue weighted by atomic mass is 9.60. The summed E-state index contributed by atoms with van der Waals surface area (Å²) >= 11 is 0. The highest BCUT2D eigenvalue weighted by molar-refractivity contribution is 5.96. The quantitative estimate of drug-likeness (QED) is 0.768. The number of allylic oxidation sites excluding steroid dienone is 2. The zero-order chi connectivity index (χ0) is 16.3. The molecular weight excluding hydrogens is 272 g/mol. The van der Waals surface area contributed by atoms with E-state index < -0.39 is 0 Å². The van der Waals surface area contributed by atoms with Crippen molar-refractivity contribution in [2.45, 2.75) is 72.6 Å². The van der Waals surface area contributed by atoms with E-state index in [-0.39, 0.29) is 5.41 Å². The van der Waals surface area contributed by atoms with E-state index in [1.165, 1.54) is 25.7 Å². The van der Waals surface area contributed by atoms with Gasteiger partial charge in [0.05, 0.1) is 0 Å². The largest absolute Gasteiger partial charge is 0.396 e. The molecule has 1 fully saturated rings. The number of aliphatic hydroxyl groups excluding tert-OH is 1. The van der Waals surface area contributed by atoms with E-state index in [1.54, 1.807) is 0 Å². The van der Waals surface area contributed by atoms with Gasteiger partial charge in [-0.2, -0.15) is 0 Å². The molecule has 1 saturated carbocycles. The Labute approximate surface area is 136 Å². The molecule has 0 aromatic carbocycles. The maximum Gasteiger partial charge on any atom is 0.158 e. The Balaban J connectivity index is 2.01. The van der Waals surface area contributed by atoms with Crippen molar-refractivity contribution in [2.75, 3.05) is 6.61 Å². The van der Waals surface area contributed by atoms with Crippen LogP contribution in [0.25, 0.3) is 0 Å². The van der Waals surface area contributed by atoms with E-state index in [0.29, 0.717) is 36.1 Å². The molecule has 0 heterocycles. The van der Waals surface area contributed by atoms with E-state index >= 15 is 0 Å². The van der Waals surface area contributed by atoms with Crippen molar-refractivity contribution in [3.63, 3.8) is 0 Å². The number of hydrogen-bond donors (Lipinski definition) is 1. The second kappa shape index (κ2) is 7.29. The lowest BCUT2D eigenvalue weighted by Gasteiger charge is -2.43. The van der Waals surface area contributed by atoms with Crippen LogP contribution in [0.4, 0.5) is 0 Å². The fraction of sp³-hybridized carbons (Fsp3) is 0.850. The minimum atomic E-state index is 0.235. The summed E-state index contributed by atoms with van der Waals surface area (Å²) in [5, 5.41) is 9.16. The Kier molecular flexibility index (Phi) is 5.87. The van der Waals surface area contributed by atoms with Crippen LogP contribution in [0.2, 0.25) is 0 Å². The molecular formula is C20H34O2. The van der Waals surface area contributed by atoms with Gasteiger partial charge in [0.2, 0.25) is 0 Å². The average molecular weight is 306 g/mol. The summed E-state index contributed by atoms with van der Waals surface area (Å²) in [5.41, 5.74) is 1.21. The van der Waals surface area contributed by atoms with Gasteiger partial charge in [-0.25, -0.2) is 0 Å². The third kappa shape index (κ3) is 3.48. The van der Waals surface area contributed by atoms with E-state index in [0.717, 1.165) is 24.8 Å². The molecule has 1 spiro atoms. The SMILES string of the molecule is CC1=CCC2(CC1=O)C(C)CCC2C(C)CCCC(C)CO. The zero-order valence-electron chi connectivity index (χ0n) is 14.9. The molecule has 5 unspecified atom stereocenters. The number of rotatable bonds is 6. The Morgan fingerprint density at radius 3 is 2.68 bits per heavy atom. The summed E-state index contributed by atoms with van der Waals surface area (Å²) in [5.74, 6) is 2.86. The van der Waals surface area contributed by atoms with E-state index in [9.17, 15) is 4.79 Å². The van der Waals surface area contributed by atoms with Crippen molar-refractivity contribution in [3.8, 4) is 0 Å². The average Bonchev–Trinajstić information content (AvgIpc) is 2.80. The van der Waals surface area contributed by atoms with Crippen LogP contribution >= 0.6 is 0 Å². The first-order valence-electron chi connectivity index (χ1n) is 9.21. The highest BCUT2D eigenvalue weighted by Crippen LogP contribution is 2.57. The van der Waals surface area contributed by atoms with Gasteiger partial charge in [0, 0.05) is 13.0 Å². The molecule has 5 atom stereocenters. The summed E-state index contributed by atoms with van der Waals surface area (Å²) in [6, 6.07) is 0. The van der Waals surface area contributed by atoms with Gasteiger partial charge in [-0.15, -0.1) is 0 Å². The number of aliphatic hydroxyl groups is 1. The number of ketones is 1. The van der Waals surface area contributed by atoms with Crippen LogP contribution in [-0.2, 0) is 4.79 Å². The monoisotopic (exact) mass is 306 g/mol. The van der Waals surface area contributed by atoms with E-state index in [1.807, 2.05) is 6.92 Å². The summed E-state index contributed by atoms with van der Waals surface area (Å²) in [6.07, 6.45) is 10.2. The lowest BCUT2D eigenvalue weighted by molar-refractivity contribution is -0.120. The molecule has 0 aromatic heterocycles. The Morgan fingerprint density at radius 1 is 1.32 bits per heavy atom. The van der Waals surface area contributed by atoms with Gasteiger partial charge in [0.25, 0.3) is 0 Å². The minimum Gasteiger partial charge on any atom is -0.396 e. The molecule has 0 amide bonds. The minimum absolute atomic E-state index is 0.235. The maximum absolute atomic E-state index is 12.3. The van der Waals surface area contributed by atoms with Crippen molar-refractivity contribution in [1.29, 1.82) is 0 Å². The van der Waals surface area contributed by atoms with E-state index in [2.05, 4.69) is 26.8 Å². The standard InChI is InChI=1S/C20H34O2/c1-14(13-21)6-5-7-15(2)18-9-8-17(4)20(18)11-10-16(3)19(22)12-20/h10,14-15,17-18,21H,5-9,11-13H2,1-4H3. The summed E-state index contributed by atoms with van der Waals surface area (Å²) in [7, 11) is 0. The van der Waals surface area contributed by atoms with Gasteiger partial charge in [-0.1, -0.05) is 39.7 Å². The summed E-state index contributed by atoms with van der Waals surface area (Å²) in [4.78, 5) is 12.3. The Hall–Kier alpha value is -0.630. The Morgan fingerprint density at radius 2 is 2.05 bits per heavy atom. The van der Waals surface area contributed by atoms with Crippen molar-refractivity contribution in [3.05, 3.63) is 11.6 Å². The predicted octanol–water partition coefficient (Wildman–Crippen LogP) is 4.76. The fourth-order valence-electron chi connectivity index (χ4n) is 4.93. The first-order chi connectivity index (χ1) is 10.4. The first-order valence-corrected chi connectivity index (χ1v) is 9.21. The van der Waals surface area contributed by atoms with Crippen molar-refractivity contribution in [1.82, 2.24) is 0 Å². The fourth-order valence-corrected chi connectivity index (χ4v) is 4.93. The van der Waals surface area contributed by atoms with Crippen LogP contribution < -0.4 is 0 Å². The van der Waals surface area contributed by atoms with Crippen LogP contribution in [-0.4, -0.2) is 17.5 Å². The predicted molar refractivity (Wildman–Crippen MR) is 91.6 cm³/mol. The van der Waals surface area contributed by atoms with Crippen molar-refractivity contribution >= 4 is 5.78 Å². The van der Waals surface area contributed by atoms with Gasteiger partial charge in [-0.3, -0.25) is 4.79 Å². The summed E-state index contributed by atoms with van der Waals surface area (Å²) < 4.78 is 0. The van der Waals surface area contributed by atoms with E-state index in [4.69, 9.17) is 5.11 Å². The van der Waals surface area contributed by atoms with Gasteiger partial charge < -0.3 is 5.11 Å². The van der Waals surface area contributed by atoms with Crippen LogP contribution in [0.15, 0.2) is 11.6 Å². The first kappa shape index (κ1) is 17.7. The molecule has 0 saturated heterocycles. The molecule has 126 valence electrons. The maximum atomic E-state index is 12.3. The summed E-state index contributed by atoms with van der Waals surface area (Å²) in [6.45, 7) is 9.16. The molecule has 0 aromatic rings. The number of carbonyl (C=O) groups excluding carboxylic acids is 1. The third-order valence-electron chi connectivity index (χ3n) is 6.70. The third-order valence-corrected chi connectivity index (χ3v) is 6.70. The van der Waals surface area contributed by atoms with Crippen molar-refractivity contribution < 1.29 is 9.90 Å². The highest BCUT2D eigenvalue weighted by Gasteiger charge is 2.51. The van der Waals surface area contributed by atoms with Crippen LogP contribution in [0.5, 0.6) is 0 Å². The molecule has 2 aliphatic carbocycles. The molecule has 2 aliphatic rings. The molecule has 2 rings (SSSR count). The topological polar surface area (TPSA) is 37.3 Å². The molecule has 2 nitrogen and oxygen atoms in total. The zero-order valence-corrected chi connectivity index (χ0v) is 14.9. The smallest absolute Gasteiger partial charge is 0.158 e. The van der Waals surface area contributed by atoms with Crippen molar-refractivity contribution in [2.24, 2.45) is 29.1 Å². The Bertz CT molecular complexity index is 425. The highest BCUT2D eigenvalue weighted by atomic mass is 16.3. The van der Waals surface area contributed by atoms with Gasteiger partial charge in [0.1, 0.15) is 0 Å². The number of Topliss-reactive ketones (excluding diaryl/α,β-unsaturated/α-hetero) is 1. The van der Waals surface area contributed by atoms with Crippen LogP contribution in [0, 0.1) is 29.1 Å². The lowest BCUT2D eigenvalue weighted by Crippen LogP contribution is -2.38. The second-order valence-electron chi connectivity index (χ2n) is 8.21. The molecule has 0 bridgehead atoms.